The van der Waals surface area contributed by atoms with E-state index in [1.165, 1.54) is 0 Å². The Kier molecular flexibility index (Phi) is 8.63. The van der Waals surface area contributed by atoms with Crippen molar-refractivity contribution in [2.75, 3.05) is 25.0 Å². The molecule has 1 atom stereocenters. The number of fused-ring (bicyclic) bond motifs is 1. The molecule has 0 saturated carbocycles. The fourth-order valence-electron chi connectivity index (χ4n) is 6.78. The number of aryl methyl sites for hydroxylation is 2. The Bertz CT molecular complexity index is 1560. The van der Waals surface area contributed by atoms with Gasteiger partial charge in [0.2, 0.25) is 5.95 Å². The molecule has 2 heterocycles. The molecule has 2 aromatic carbocycles. The van der Waals surface area contributed by atoms with Crippen LogP contribution < -0.4 is 5.32 Å². The number of halogens is 4. The number of alkyl halides is 3. The lowest BCUT2D eigenvalue weighted by Gasteiger charge is -2.36. The van der Waals surface area contributed by atoms with Crippen molar-refractivity contribution < 1.29 is 27.5 Å². The average Bonchev–Trinajstić information content (AvgIpc) is 3.17. The highest BCUT2D eigenvalue weighted by atomic mass is 19.4. The first-order valence-electron chi connectivity index (χ1n) is 15.1. The van der Waals surface area contributed by atoms with Crippen LogP contribution in [0.2, 0.25) is 0 Å². The van der Waals surface area contributed by atoms with Crippen LogP contribution in [0.4, 0.5) is 29.2 Å². The molecule has 0 spiro atoms. The summed E-state index contributed by atoms with van der Waals surface area (Å²) in [6.07, 6.45) is -1.58. The first kappa shape index (κ1) is 32.0. The van der Waals surface area contributed by atoms with E-state index in [0.29, 0.717) is 36.3 Å². The highest BCUT2D eigenvalue weighted by Crippen LogP contribution is 2.39. The van der Waals surface area contributed by atoms with Gasteiger partial charge in [-0.05, 0) is 101 Å². The molecule has 1 saturated heterocycles. The first-order valence-corrected chi connectivity index (χ1v) is 15.1. The number of likely N-dealkylation sites (tertiary alicyclic amines) is 1. The maximum absolute atomic E-state index is 15.7. The molecule has 6 nitrogen and oxygen atoms in total. The van der Waals surface area contributed by atoms with Crippen LogP contribution in [-0.2, 0) is 35.6 Å². The zero-order valence-electron chi connectivity index (χ0n) is 25.9. The molecule has 1 fully saturated rings. The van der Waals surface area contributed by atoms with Gasteiger partial charge in [-0.3, -0.25) is 9.69 Å². The number of nitrogens with one attached hydrogen (secondary N) is 1. The molecule has 44 heavy (non-hydrogen) atoms. The number of carbonyl (C=O) groups is 1. The van der Waals surface area contributed by atoms with E-state index in [4.69, 9.17) is 0 Å². The van der Waals surface area contributed by atoms with E-state index < -0.39 is 22.8 Å². The summed E-state index contributed by atoms with van der Waals surface area (Å²) in [5.41, 5.74) is 1.29. The van der Waals surface area contributed by atoms with Crippen molar-refractivity contribution >= 4 is 17.4 Å². The molecular weight excluding hydrogens is 572 g/mol. The number of nitrogens with zero attached hydrogens (tertiary/aromatic N) is 3. The van der Waals surface area contributed by atoms with E-state index in [2.05, 4.69) is 20.2 Å². The van der Waals surface area contributed by atoms with Crippen molar-refractivity contribution in [3.63, 3.8) is 0 Å². The number of hydrogen-bond donors (Lipinski definition) is 2. The van der Waals surface area contributed by atoms with E-state index >= 15 is 4.39 Å². The molecule has 0 amide bonds. The van der Waals surface area contributed by atoms with Crippen molar-refractivity contribution in [3.05, 3.63) is 81.4 Å². The lowest BCUT2D eigenvalue weighted by molar-refractivity contribution is -0.138. The van der Waals surface area contributed by atoms with Crippen LogP contribution in [0.1, 0.15) is 85.5 Å². The second kappa shape index (κ2) is 11.9. The fourth-order valence-corrected chi connectivity index (χ4v) is 6.78. The Morgan fingerprint density at radius 3 is 2.59 bits per heavy atom. The Morgan fingerprint density at radius 1 is 1.14 bits per heavy atom. The molecule has 1 unspecified atom stereocenters. The van der Waals surface area contributed by atoms with Gasteiger partial charge in [0.15, 0.2) is 0 Å². The van der Waals surface area contributed by atoms with Crippen LogP contribution in [0.25, 0.3) is 0 Å². The van der Waals surface area contributed by atoms with Crippen LogP contribution in [0.15, 0.2) is 36.5 Å². The summed E-state index contributed by atoms with van der Waals surface area (Å²) >= 11 is 0. The molecule has 1 aliphatic heterocycles. The number of ketones is 1. The summed E-state index contributed by atoms with van der Waals surface area (Å²) in [4.78, 5) is 22.9. The minimum atomic E-state index is -4.65. The predicted molar refractivity (Wildman–Crippen MR) is 162 cm³/mol. The van der Waals surface area contributed by atoms with E-state index in [1.807, 2.05) is 32.0 Å². The topological polar surface area (TPSA) is 78.4 Å². The zero-order valence-corrected chi connectivity index (χ0v) is 25.9. The van der Waals surface area contributed by atoms with Gasteiger partial charge < -0.3 is 10.4 Å². The zero-order chi connectivity index (χ0) is 32.0. The predicted octanol–water partition coefficient (Wildman–Crippen LogP) is 6.82. The Hall–Kier alpha value is -3.37. The SMILES string of the molecule is Cc1c(Nc2ncc(C(F)(F)F)c(CCc3cccc4c3C(C)(C)C(=O)C4)n2)ccc(C2CCCN(CC(C)(C)O)C2)c1F. The number of β-amino-alcohol motifs (C(OH)–C–C–N with tert-alkyl or cyclic N) is 1. The molecule has 1 aromatic heterocycles. The van der Waals surface area contributed by atoms with Crippen molar-refractivity contribution in [1.29, 1.82) is 0 Å². The minimum Gasteiger partial charge on any atom is -0.389 e. The third kappa shape index (κ3) is 6.66. The van der Waals surface area contributed by atoms with Gasteiger partial charge >= 0.3 is 6.18 Å². The van der Waals surface area contributed by atoms with Crippen LogP contribution in [-0.4, -0.2) is 51.0 Å². The highest BCUT2D eigenvalue weighted by Gasteiger charge is 2.40. The van der Waals surface area contributed by atoms with Gasteiger partial charge in [-0.15, -0.1) is 0 Å². The normalized spacial score (nSPS) is 18.9. The van der Waals surface area contributed by atoms with Crippen molar-refractivity contribution in [2.45, 2.75) is 89.8 Å². The molecule has 3 aromatic rings. The standard InChI is InChI=1S/C34H40F4N4O2/c1-20-26(14-12-24(30(20)35)23-10-7-15-42(18-23)19-32(2,3)44)40-31-39-17-25(34(36,37)38)27(41-31)13-11-21-8-6-9-22-16-28(43)33(4,5)29(21)22/h6,8-9,12,14,17,23,44H,7,10-11,13,15-16,18-19H2,1-5H3,(H,39,40,41). The van der Waals surface area contributed by atoms with Gasteiger partial charge in [0.1, 0.15) is 11.6 Å². The number of rotatable bonds is 8. The molecule has 2 aliphatic rings. The third-order valence-electron chi connectivity index (χ3n) is 8.93. The highest BCUT2D eigenvalue weighted by molar-refractivity contribution is 5.96. The number of hydrogen-bond acceptors (Lipinski definition) is 6. The molecule has 5 rings (SSSR count). The number of benzene rings is 2. The third-order valence-corrected chi connectivity index (χ3v) is 8.93. The second-order valence-corrected chi connectivity index (χ2v) is 13.4. The van der Waals surface area contributed by atoms with E-state index in [0.717, 1.165) is 42.3 Å². The van der Waals surface area contributed by atoms with Crippen LogP contribution >= 0.6 is 0 Å². The van der Waals surface area contributed by atoms with Crippen molar-refractivity contribution in [1.82, 2.24) is 14.9 Å². The van der Waals surface area contributed by atoms with Gasteiger partial charge in [-0.25, -0.2) is 14.4 Å². The smallest absolute Gasteiger partial charge is 0.389 e. The summed E-state index contributed by atoms with van der Waals surface area (Å²) in [6, 6.07) is 9.02. The van der Waals surface area contributed by atoms with Gasteiger partial charge in [0.05, 0.1) is 16.9 Å². The second-order valence-electron chi connectivity index (χ2n) is 13.4. The lowest BCUT2D eigenvalue weighted by Crippen LogP contribution is -2.43. The van der Waals surface area contributed by atoms with Crippen molar-refractivity contribution in [2.24, 2.45) is 0 Å². The maximum Gasteiger partial charge on any atom is 0.419 e. The fraction of sp³-hybridized carbons (Fsp3) is 0.500. The molecule has 2 N–H and O–H groups in total. The lowest BCUT2D eigenvalue weighted by atomic mass is 9.81. The summed E-state index contributed by atoms with van der Waals surface area (Å²) in [7, 11) is 0. The van der Waals surface area contributed by atoms with E-state index in [1.54, 1.807) is 32.9 Å². The summed E-state index contributed by atoms with van der Waals surface area (Å²) in [5, 5.41) is 13.2. The monoisotopic (exact) mass is 612 g/mol. The Morgan fingerprint density at radius 2 is 1.89 bits per heavy atom. The van der Waals surface area contributed by atoms with Gasteiger partial charge in [0.25, 0.3) is 0 Å². The number of piperidine rings is 1. The van der Waals surface area contributed by atoms with E-state index in [9.17, 15) is 23.1 Å². The van der Waals surface area contributed by atoms with Crippen LogP contribution in [0.3, 0.4) is 0 Å². The number of anilines is 2. The van der Waals surface area contributed by atoms with Crippen LogP contribution in [0.5, 0.6) is 0 Å². The molecule has 236 valence electrons. The first-order chi connectivity index (χ1) is 20.5. The van der Waals surface area contributed by atoms with Crippen LogP contribution in [0, 0.1) is 12.7 Å². The summed E-state index contributed by atoms with van der Waals surface area (Å²) in [5.74, 6) is -0.362. The molecular formula is C34H40F4N4O2. The van der Waals surface area contributed by atoms with Gasteiger partial charge in [-0.2, -0.15) is 13.2 Å². The largest absolute Gasteiger partial charge is 0.419 e. The van der Waals surface area contributed by atoms with Crippen molar-refractivity contribution in [3.8, 4) is 0 Å². The van der Waals surface area contributed by atoms with Gasteiger partial charge in [0, 0.05) is 42.4 Å². The molecule has 0 radical (unpaired) electrons. The van der Waals surface area contributed by atoms with Gasteiger partial charge in [-0.1, -0.05) is 24.3 Å². The number of Topliss-reactive ketones (excluding diaryl/α,β-unsaturated/α-hetero) is 1. The molecule has 0 bridgehead atoms. The molecule has 1 aliphatic carbocycles. The average molecular weight is 613 g/mol. The summed E-state index contributed by atoms with van der Waals surface area (Å²) in [6.45, 7) is 10.8. The maximum atomic E-state index is 15.7. The Labute approximate surface area is 255 Å². The molecule has 10 heteroatoms. The number of aromatic nitrogens is 2. The quantitative estimate of drug-likeness (QED) is 0.272. The summed E-state index contributed by atoms with van der Waals surface area (Å²) < 4.78 is 57.6. The Balaban J connectivity index is 1.38. The number of aliphatic hydroxyl groups is 1. The number of carbonyl (C=O) groups excluding carboxylic acids is 1. The van der Waals surface area contributed by atoms with E-state index in [-0.39, 0.29) is 42.0 Å². The minimum absolute atomic E-state index is 0.0120.